The number of nitrogens with two attached hydrogens (primary N) is 1. The third-order valence-corrected chi connectivity index (χ3v) is 3.42. The molecule has 0 bridgehead atoms. The summed E-state index contributed by atoms with van der Waals surface area (Å²) in [6.07, 6.45) is 0.310. The standard InChI is InChI=1S/C12H14N2O4S/c13-12(18)14-10(15)7-19-9(11(16)17)6-8-4-2-1-3-5-8/h1-5,9H,6-7H2,(H,16,17)(H3,13,14,15,18). The summed E-state index contributed by atoms with van der Waals surface area (Å²) >= 11 is 0.955. The number of rotatable bonds is 6. The summed E-state index contributed by atoms with van der Waals surface area (Å²) in [5.41, 5.74) is 5.66. The van der Waals surface area contributed by atoms with Crippen LogP contribution in [0.5, 0.6) is 0 Å². The molecule has 1 aromatic carbocycles. The van der Waals surface area contributed by atoms with Crippen molar-refractivity contribution in [3.8, 4) is 0 Å². The van der Waals surface area contributed by atoms with E-state index >= 15 is 0 Å². The number of carboxylic acids is 1. The fraction of sp³-hybridized carbons (Fsp3) is 0.250. The quantitative estimate of drug-likeness (QED) is 0.708. The summed E-state index contributed by atoms with van der Waals surface area (Å²) < 4.78 is 0. The lowest BCUT2D eigenvalue weighted by atomic mass is 10.1. The number of urea groups is 1. The molecule has 0 aliphatic carbocycles. The number of hydrogen-bond donors (Lipinski definition) is 3. The number of primary amides is 1. The number of carbonyl (C=O) groups is 3. The van der Waals surface area contributed by atoms with Gasteiger partial charge in [-0.25, -0.2) is 4.79 Å². The summed E-state index contributed by atoms with van der Waals surface area (Å²) in [7, 11) is 0. The van der Waals surface area contributed by atoms with Crippen LogP contribution < -0.4 is 11.1 Å². The van der Waals surface area contributed by atoms with E-state index in [4.69, 9.17) is 10.8 Å². The van der Waals surface area contributed by atoms with Gasteiger partial charge in [0.15, 0.2) is 0 Å². The van der Waals surface area contributed by atoms with Gasteiger partial charge in [0, 0.05) is 0 Å². The molecule has 0 radical (unpaired) electrons. The van der Waals surface area contributed by atoms with E-state index in [-0.39, 0.29) is 5.75 Å². The second kappa shape index (κ2) is 7.42. The van der Waals surface area contributed by atoms with Crippen LogP contribution in [0, 0.1) is 0 Å². The van der Waals surface area contributed by atoms with Crippen LogP contribution in [0.25, 0.3) is 0 Å². The Hall–Kier alpha value is -2.02. The van der Waals surface area contributed by atoms with E-state index in [1.807, 2.05) is 35.6 Å². The lowest BCUT2D eigenvalue weighted by Gasteiger charge is -2.11. The lowest BCUT2D eigenvalue weighted by molar-refractivity contribution is -0.136. The van der Waals surface area contributed by atoms with Crippen molar-refractivity contribution in [2.24, 2.45) is 5.73 Å². The molecule has 1 unspecified atom stereocenters. The van der Waals surface area contributed by atoms with E-state index in [0.29, 0.717) is 6.42 Å². The molecule has 0 heterocycles. The average molecular weight is 282 g/mol. The lowest BCUT2D eigenvalue weighted by Crippen LogP contribution is -2.36. The Bertz CT molecular complexity index is 464. The van der Waals surface area contributed by atoms with Gasteiger partial charge >= 0.3 is 12.0 Å². The number of nitrogens with one attached hydrogen (secondary N) is 1. The largest absolute Gasteiger partial charge is 0.480 e. The van der Waals surface area contributed by atoms with Gasteiger partial charge < -0.3 is 10.8 Å². The van der Waals surface area contributed by atoms with Crippen molar-refractivity contribution in [2.45, 2.75) is 11.7 Å². The second-order valence-corrected chi connectivity index (χ2v) is 4.93. The maximum Gasteiger partial charge on any atom is 0.318 e. The molecule has 19 heavy (non-hydrogen) atoms. The molecule has 0 spiro atoms. The topological polar surface area (TPSA) is 109 Å². The Morgan fingerprint density at radius 3 is 2.42 bits per heavy atom. The predicted octanol–water partition coefficient (Wildman–Crippen LogP) is 0.610. The second-order valence-electron chi connectivity index (χ2n) is 3.74. The van der Waals surface area contributed by atoms with Crippen LogP contribution >= 0.6 is 11.8 Å². The number of hydrogen-bond acceptors (Lipinski definition) is 4. The molecular formula is C12H14N2O4S. The number of carbonyl (C=O) groups excluding carboxylic acids is 2. The molecule has 0 aromatic heterocycles. The van der Waals surface area contributed by atoms with Gasteiger partial charge in [-0.3, -0.25) is 14.9 Å². The first kappa shape index (κ1) is 15.0. The van der Waals surface area contributed by atoms with Crippen LogP contribution in [-0.2, 0) is 16.0 Å². The van der Waals surface area contributed by atoms with Gasteiger partial charge in [-0.05, 0) is 12.0 Å². The molecule has 6 nitrogen and oxygen atoms in total. The first-order valence-corrected chi connectivity index (χ1v) is 6.51. The number of thioether (sulfide) groups is 1. The van der Waals surface area contributed by atoms with Gasteiger partial charge in [0.25, 0.3) is 0 Å². The molecule has 1 aromatic rings. The van der Waals surface area contributed by atoms with Crippen molar-refractivity contribution in [2.75, 3.05) is 5.75 Å². The van der Waals surface area contributed by atoms with Crippen molar-refractivity contribution in [1.82, 2.24) is 5.32 Å². The zero-order valence-corrected chi connectivity index (χ0v) is 10.9. The summed E-state index contributed by atoms with van der Waals surface area (Å²) in [5.74, 6) is -1.73. The van der Waals surface area contributed by atoms with Crippen molar-refractivity contribution in [1.29, 1.82) is 0 Å². The molecule has 4 N–H and O–H groups in total. The molecule has 1 atom stereocenters. The van der Waals surface area contributed by atoms with Crippen molar-refractivity contribution in [3.63, 3.8) is 0 Å². The molecule has 0 saturated heterocycles. The van der Waals surface area contributed by atoms with Crippen LogP contribution in [0.15, 0.2) is 30.3 Å². The Morgan fingerprint density at radius 2 is 1.89 bits per heavy atom. The Kier molecular flexibility index (Phi) is 5.87. The zero-order chi connectivity index (χ0) is 14.3. The molecule has 0 aliphatic heterocycles. The van der Waals surface area contributed by atoms with Gasteiger partial charge in [0.2, 0.25) is 5.91 Å². The van der Waals surface area contributed by atoms with Crippen LogP contribution in [0.2, 0.25) is 0 Å². The van der Waals surface area contributed by atoms with E-state index in [1.54, 1.807) is 0 Å². The van der Waals surface area contributed by atoms with Gasteiger partial charge in [-0.15, -0.1) is 11.8 Å². The molecular weight excluding hydrogens is 268 g/mol. The van der Waals surface area contributed by atoms with Crippen LogP contribution in [0.1, 0.15) is 5.56 Å². The van der Waals surface area contributed by atoms with Crippen LogP contribution in [-0.4, -0.2) is 34.0 Å². The number of carboxylic acid groups (broad SMARTS) is 1. The first-order valence-electron chi connectivity index (χ1n) is 5.46. The zero-order valence-electron chi connectivity index (χ0n) is 10.0. The first-order chi connectivity index (χ1) is 8.99. The van der Waals surface area contributed by atoms with Crippen molar-refractivity contribution in [3.05, 3.63) is 35.9 Å². The molecule has 102 valence electrons. The van der Waals surface area contributed by atoms with Crippen molar-refractivity contribution < 1.29 is 19.5 Å². The highest BCUT2D eigenvalue weighted by molar-refractivity contribution is 8.01. The third kappa shape index (κ3) is 5.91. The van der Waals surface area contributed by atoms with Crippen LogP contribution in [0.3, 0.4) is 0 Å². The molecule has 0 fully saturated rings. The van der Waals surface area contributed by atoms with Gasteiger partial charge in [0.1, 0.15) is 5.25 Å². The number of imide groups is 1. The maximum absolute atomic E-state index is 11.2. The van der Waals surface area contributed by atoms with Gasteiger partial charge in [-0.2, -0.15) is 0 Å². The fourth-order valence-electron chi connectivity index (χ4n) is 1.40. The normalized spacial score (nSPS) is 11.6. The molecule has 3 amide bonds. The third-order valence-electron chi connectivity index (χ3n) is 2.22. The fourth-order valence-corrected chi connectivity index (χ4v) is 2.27. The van der Waals surface area contributed by atoms with Gasteiger partial charge in [-0.1, -0.05) is 30.3 Å². The van der Waals surface area contributed by atoms with E-state index in [1.165, 1.54) is 0 Å². The van der Waals surface area contributed by atoms with E-state index in [2.05, 4.69) is 0 Å². The maximum atomic E-state index is 11.2. The van der Waals surface area contributed by atoms with Crippen molar-refractivity contribution >= 4 is 29.7 Å². The number of aliphatic carboxylic acids is 1. The minimum absolute atomic E-state index is 0.132. The molecule has 1 rings (SSSR count). The van der Waals surface area contributed by atoms with E-state index in [0.717, 1.165) is 17.3 Å². The molecule has 0 saturated carbocycles. The summed E-state index contributed by atoms with van der Waals surface area (Å²) in [6, 6.07) is 8.17. The monoisotopic (exact) mass is 282 g/mol. The predicted molar refractivity (Wildman–Crippen MR) is 71.8 cm³/mol. The minimum Gasteiger partial charge on any atom is -0.480 e. The average Bonchev–Trinajstić information content (AvgIpc) is 2.34. The summed E-state index contributed by atoms with van der Waals surface area (Å²) in [6.45, 7) is 0. The van der Waals surface area contributed by atoms with E-state index < -0.39 is 23.2 Å². The summed E-state index contributed by atoms with van der Waals surface area (Å²) in [5, 5.41) is 10.2. The number of amides is 3. The van der Waals surface area contributed by atoms with E-state index in [9.17, 15) is 14.4 Å². The highest BCUT2D eigenvalue weighted by Crippen LogP contribution is 2.16. The Morgan fingerprint density at radius 1 is 1.26 bits per heavy atom. The highest BCUT2D eigenvalue weighted by atomic mass is 32.2. The SMILES string of the molecule is NC(=O)NC(=O)CSC(Cc1ccccc1)C(=O)O. The van der Waals surface area contributed by atoms with Gasteiger partial charge in [0.05, 0.1) is 5.75 Å². The molecule has 0 aliphatic rings. The molecule has 7 heteroatoms. The smallest absolute Gasteiger partial charge is 0.318 e. The highest BCUT2D eigenvalue weighted by Gasteiger charge is 2.20. The summed E-state index contributed by atoms with van der Waals surface area (Å²) in [4.78, 5) is 32.7. The number of benzene rings is 1. The Balaban J connectivity index is 2.52. The Labute approximate surface area is 114 Å². The van der Waals surface area contributed by atoms with Crippen LogP contribution in [0.4, 0.5) is 4.79 Å². The minimum atomic E-state index is -0.999.